The van der Waals surface area contributed by atoms with E-state index in [9.17, 15) is 0 Å². The molecule has 18 heavy (non-hydrogen) atoms. The van der Waals surface area contributed by atoms with Crippen LogP contribution in [0.25, 0.3) is 11.4 Å². The quantitative estimate of drug-likeness (QED) is 0.804. The number of nitrogens with two attached hydrogens (primary N) is 1. The fourth-order valence-electron chi connectivity index (χ4n) is 1.67. The van der Waals surface area contributed by atoms with Gasteiger partial charge < -0.3 is 19.8 Å². The largest absolute Gasteiger partial charge is 0.497 e. The van der Waals surface area contributed by atoms with Gasteiger partial charge in [0.05, 0.1) is 13.7 Å². The minimum Gasteiger partial charge on any atom is -0.497 e. The van der Waals surface area contributed by atoms with E-state index in [1.54, 1.807) is 26.6 Å². The van der Waals surface area contributed by atoms with Crippen LogP contribution in [0.4, 0.5) is 5.69 Å². The fourth-order valence-corrected chi connectivity index (χ4v) is 1.67. The zero-order valence-corrected chi connectivity index (χ0v) is 10.5. The van der Waals surface area contributed by atoms with E-state index in [1.165, 1.54) is 0 Å². The molecule has 1 heterocycles. The molecular weight excluding hydrogens is 232 g/mol. The summed E-state index contributed by atoms with van der Waals surface area (Å²) in [7, 11) is 3.27. The van der Waals surface area contributed by atoms with Crippen molar-refractivity contribution >= 4 is 5.69 Å². The van der Waals surface area contributed by atoms with Gasteiger partial charge >= 0.3 is 0 Å². The molecule has 2 rings (SSSR count). The molecule has 6 nitrogen and oxygen atoms in total. The topological polar surface area (TPSA) is 75.2 Å². The lowest BCUT2D eigenvalue weighted by Gasteiger charge is -2.09. The van der Waals surface area contributed by atoms with Crippen LogP contribution < -0.4 is 10.5 Å². The maximum absolute atomic E-state index is 5.96. The Morgan fingerprint density at radius 2 is 2.17 bits per heavy atom. The Morgan fingerprint density at radius 1 is 1.33 bits per heavy atom. The Hall–Kier alpha value is -2.08. The summed E-state index contributed by atoms with van der Waals surface area (Å²) in [6, 6.07) is 5.46. The third kappa shape index (κ3) is 2.43. The van der Waals surface area contributed by atoms with Gasteiger partial charge in [0, 0.05) is 24.9 Å². The van der Waals surface area contributed by atoms with Crippen LogP contribution in [0.1, 0.15) is 0 Å². The maximum Gasteiger partial charge on any atom is 0.166 e. The second kappa shape index (κ2) is 5.50. The Labute approximate surface area is 105 Å². The monoisotopic (exact) mass is 248 g/mol. The number of ether oxygens (including phenoxy) is 2. The fraction of sp³-hybridized carbons (Fsp3) is 0.333. The van der Waals surface area contributed by atoms with Crippen LogP contribution in [0.3, 0.4) is 0 Å². The second-order valence-electron chi connectivity index (χ2n) is 3.79. The van der Waals surface area contributed by atoms with Crippen molar-refractivity contribution < 1.29 is 9.47 Å². The van der Waals surface area contributed by atoms with Crippen LogP contribution in [0, 0.1) is 0 Å². The van der Waals surface area contributed by atoms with Gasteiger partial charge in [0.15, 0.2) is 5.82 Å². The molecule has 2 aromatic rings. The van der Waals surface area contributed by atoms with Gasteiger partial charge in [-0.05, 0) is 18.2 Å². The first-order valence-electron chi connectivity index (χ1n) is 5.57. The minimum absolute atomic E-state index is 0.592. The van der Waals surface area contributed by atoms with Crippen molar-refractivity contribution in [3.05, 3.63) is 24.5 Å². The van der Waals surface area contributed by atoms with E-state index in [0.717, 1.165) is 11.3 Å². The molecule has 0 spiro atoms. The summed E-state index contributed by atoms with van der Waals surface area (Å²) in [5.41, 5.74) is 7.41. The zero-order chi connectivity index (χ0) is 13.0. The minimum atomic E-state index is 0.592. The molecule has 0 unspecified atom stereocenters. The van der Waals surface area contributed by atoms with Gasteiger partial charge in [-0.2, -0.15) is 0 Å². The van der Waals surface area contributed by atoms with Crippen LogP contribution in [0.15, 0.2) is 24.5 Å². The molecule has 0 bridgehead atoms. The number of hydrogen-bond acceptors (Lipinski definition) is 5. The Kier molecular flexibility index (Phi) is 3.78. The van der Waals surface area contributed by atoms with Gasteiger partial charge in [-0.15, -0.1) is 10.2 Å². The number of methoxy groups -OCH3 is 2. The van der Waals surface area contributed by atoms with E-state index in [-0.39, 0.29) is 0 Å². The highest BCUT2D eigenvalue weighted by Crippen LogP contribution is 2.28. The molecule has 0 amide bonds. The van der Waals surface area contributed by atoms with Gasteiger partial charge in [0.1, 0.15) is 12.1 Å². The van der Waals surface area contributed by atoms with Crippen molar-refractivity contribution in [1.29, 1.82) is 0 Å². The van der Waals surface area contributed by atoms with E-state index in [4.69, 9.17) is 15.2 Å². The van der Waals surface area contributed by atoms with Crippen LogP contribution >= 0.6 is 0 Å². The highest BCUT2D eigenvalue weighted by molar-refractivity contribution is 5.73. The second-order valence-corrected chi connectivity index (χ2v) is 3.79. The van der Waals surface area contributed by atoms with Gasteiger partial charge in [0.25, 0.3) is 0 Å². The van der Waals surface area contributed by atoms with Crippen LogP contribution in [-0.2, 0) is 11.3 Å². The summed E-state index contributed by atoms with van der Waals surface area (Å²) in [6.45, 7) is 1.27. The highest BCUT2D eigenvalue weighted by atomic mass is 16.5. The summed E-state index contributed by atoms with van der Waals surface area (Å²) in [5, 5.41) is 8.01. The van der Waals surface area contributed by atoms with Crippen molar-refractivity contribution in [2.24, 2.45) is 0 Å². The first kappa shape index (κ1) is 12.4. The smallest absolute Gasteiger partial charge is 0.166 e. The summed E-state index contributed by atoms with van der Waals surface area (Å²) >= 11 is 0. The molecule has 96 valence electrons. The Balaban J connectivity index is 2.38. The third-order valence-electron chi connectivity index (χ3n) is 2.65. The number of aromatic nitrogens is 3. The number of benzene rings is 1. The Morgan fingerprint density at radius 3 is 2.89 bits per heavy atom. The molecular formula is C12H16N4O2. The van der Waals surface area contributed by atoms with E-state index < -0.39 is 0 Å². The molecule has 0 aliphatic heterocycles. The molecule has 0 atom stereocenters. The molecule has 0 fully saturated rings. The predicted molar refractivity (Wildman–Crippen MR) is 68.3 cm³/mol. The van der Waals surface area contributed by atoms with Crippen LogP contribution in [-0.4, -0.2) is 35.6 Å². The summed E-state index contributed by atoms with van der Waals surface area (Å²) in [4.78, 5) is 0. The summed E-state index contributed by atoms with van der Waals surface area (Å²) < 4.78 is 12.1. The van der Waals surface area contributed by atoms with E-state index in [1.807, 2.05) is 16.7 Å². The van der Waals surface area contributed by atoms with Crippen molar-refractivity contribution in [3.8, 4) is 17.1 Å². The number of nitrogens with zero attached hydrogens (tertiary/aromatic N) is 3. The first-order chi connectivity index (χ1) is 8.76. The predicted octanol–water partition coefficient (Wildman–Crippen LogP) is 1.18. The average molecular weight is 248 g/mol. The lowest BCUT2D eigenvalue weighted by atomic mass is 10.1. The van der Waals surface area contributed by atoms with Crippen molar-refractivity contribution in [2.75, 3.05) is 26.6 Å². The molecule has 2 N–H and O–H groups in total. The number of hydrogen-bond donors (Lipinski definition) is 1. The highest BCUT2D eigenvalue weighted by Gasteiger charge is 2.11. The van der Waals surface area contributed by atoms with Gasteiger partial charge in [-0.25, -0.2) is 0 Å². The molecule has 0 saturated heterocycles. The number of nitrogen functional groups attached to an aromatic ring is 1. The SMILES string of the molecule is COCCn1cnnc1-c1cc(OC)ccc1N. The number of rotatable bonds is 5. The molecule has 1 aromatic heterocycles. The van der Waals surface area contributed by atoms with E-state index in [0.29, 0.717) is 24.7 Å². The van der Waals surface area contributed by atoms with Gasteiger partial charge in [-0.3, -0.25) is 0 Å². The van der Waals surface area contributed by atoms with Crippen molar-refractivity contribution in [3.63, 3.8) is 0 Å². The van der Waals surface area contributed by atoms with E-state index >= 15 is 0 Å². The maximum atomic E-state index is 5.96. The Bertz CT molecular complexity index is 525. The lowest BCUT2D eigenvalue weighted by Crippen LogP contribution is -2.06. The lowest BCUT2D eigenvalue weighted by molar-refractivity contribution is 0.187. The summed E-state index contributed by atoms with van der Waals surface area (Å²) in [6.07, 6.45) is 1.66. The zero-order valence-electron chi connectivity index (χ0n) is 10.5. The molecule has 0 saturated carbocycles. The molecule has 6 heteroatoms. The number of anilines is 1. The third-order valence-corrected chi connectivity index (χ3v) is 2.65. The van der Waals surface area contributed by atoms with E-state index in [2.05, 4.69) is 10.2 Å². The summed E-state index contributed by atoms with van der Waals surface area (Å²) in [5.74, 6) is 1.45. The normalized spacial score (nSPS) is 10.6. The van der Waals surface area contributed by atoms with Crippen molar-refractivity contribution in [1.82, 2.24) is 14.8 Å². The average Bonchev–Trinajstić information content (AvgIpc) is 2.85. The standard InChI is InChI=1S/C12H16N4O2/c1-17-6-5-16-8-14-15-12(16)10-7-9(18-2)3-4-11(10)13/h3-4,7-8H,5-6,13H2,1-2H3. The molecule has 1 aromatic carbocycles. The first-order valence-corrected chi connectivity index (χ1v) is 5.57. The van der Waals surface area contributed by atoms with Crippen molar-refractivity contribution in [2.45, 2.75) is 6.54 Å². The van der Waals surface area contributed by atoms with Gasteiger partial charge in [-0.1, -0.05) is 0 Å². The van der Waals surface area contributed by atoms with Crippen LogP contribution in [0.5, 0.6) is 5.75 Å². The molecule has 0 aliphatic rings. The van der Waals surface area contributed by atoms with Gasteiger partial charge in [0.2, 0.25) is 0 Å². The molecule has 0 aliphatic carbocycles. The molecule has 0 radical (unpaired) electrons. The van der Waals surface area contributed by atoms with Crippen LogP contribution in [0.2, 0.25) is 0 Å².